The monoisotopic (exact) mass is 300 g/mol. The van der Waals surface area contributed by atoms with E-state index in [4.69, 9.17) is 0 Å². The van der Waals surface area contributed by atoms with Gasteiger partial charge in [0.2, 0.25) is 5.91 Å². The first-order chi connectivity index (χ1) is 10.7. The molecule has 1 saturated heterocycles. The standard InChI is InChI=1S/C15H20N6O/c1-19-9-11(8-17-19)13-7-14(13)15(22)20-5-2-3-12(10-20)21-6-4-16-18-21/h4,6,8-9,12-14H,2-3,5,7,10H2,1H3/t12?,13-,14+/m0/s1. The van der Waals surface area contributed by atoms with Crippen LogP contribution in [0, 0.1) is 5.92 Å². The van der Waals surface area contributed by atoms with Crippen molar-refractivity contribution in [1.29, 1.82) is 0 Å². The van der Waals surface area contributed by atoms with E-state index in [0.717, 1.165) is 32.4 Å². The maximum absolute atomic E-state index is 12.7. The van der Waals surface area contributed by atoms with Crippen molar-refractivity contribution >= 4 is 5.91 Å². The summed E-state index contributed by atoms with van der Waals surface area (Å²) in [6, 6.07) is 0.260. The second kappa shape index (κ2) is 5.23. The molecule has 0 spiro atoms. The molecule has 0 aromatic carbocycles. The second-order valence-electron chi connectivity index (χ2n) is 6.36. The zero-order valence-electron chi connectivity index (χ0n) is 12.7. The van der Waals surface area contributed by atoms with Gasteiger partial charge in [0.25, 0.3) is 0 Å². The van der Waals surface area contributed by atoms with Gasteiger partial charge in [-0.15, -0.1) is 5.10 Å². The Labute approximate surface area is 128 Å². The van der Waals surface area contributed by atoms with Crippen LogP contribution in [0.15, 0.2) is 24.8 Å². The van der Waals surface area contributed by atoms with Crippen molar-refractivity contribution in [1.82, 2.24) is 29.7 Å². The zero-order valence-corrected chi connectivity index (χ0v) is 12.7. The fraction of sp³-hybridized carbons (Fsp3) is 0.600. The van der Waals surface area contributed by atoms with E-state index >= 15 is 0 Å². The van der Waals surface area contributed by atoms with Crippen LogP contribution in [-0.2, 0) is 11.8 Å². The second-order valence-corrected chi connectivity index (χ2v) is 6.36. The van der Waals surface area contributed by atoms with E-state index in [1.54, 1.807) is 10.9 Å². The van der Waals surface area contributed by atoms with E-state index in [1.807, 2.05) is 35.2 Å². The molecule has 7 heteroatoms. The molecule has 0 N–H and O–H groups in total. The van der Waals surface area contributed by atoms with Crippen molar-refractivity contribution < 1.29 is 4.79 Å². The van der Waals surface area contributed by atoms with E-state index in [0.29, 0.717) is 11.8 Å². The van der Waals surface area contributed by atoms with Crippen LogP contribution in [0.5, 0.6) is 0 Å². The smallest absolute Gasteiger partial charge is 0.226 e. The van der Waals surface area contributed by atoms with Crippen molar-refractivity contribution in [2.24, 2.45) is 13.0 Å². The summed E-state index contributed by atoms with van der Waals surface area (Å²) in [5.74, 6) is 0.783. The molecule has 0 bridgehead atoms. The molecule has 1 unspecified atom stereocenters. The first kappa shape index (κ1) is 13.5. The van der Waals surface area contributed by atoms with Gasteiger partial charge >= 0.3 is 0 Å². The molecule has 0 radical (unpaired) electrons. The number of likely N-dealkylation sites (tertiary alicyclic amines) is 1. The molecule has 4 rings (SSSR count). The Hall–Kier alpha value is -2.18. The number of carbonyl (C=O) groups excluding carboxylic acids is 1. The fourth-order valence-corrected chi connectivity index (χ4v) is 3.49. The third-order valence-electron chi connectivity index (χ3n) is 4.78. The number of hydrogen-bond acceptors (Lipinski definition) is 4. The highest BCUT2D eigenvalue weighted by molar-refractivity contribution is 5.83. The Morgan fingerprint density at radius 3 is 3.05 bits per heavy atom. The van der Waals surface area contributed by atoms with Gasteiger partial charge in [-0.1, -0.05) is 5.21 Å². The Kier molecular flexibility index (Phi) is 3.20. The summed E-state index contributed by atoms with van der Waals surface area (Å²) < 4.78 is 3.68. The van der Waals surface area contributed by atoms with Crippen molar-refractivity contribution in [3.8, 4) is 0 Å². The number of rotatable bonds is 3. The van der Waals surface area contributed by atoms with Crippen LogP contribution in [0.1, 0.15) is 36.8 Å². The maximum atomic E-state index is 12.7. The summed E-state index contributed by atoms with van der Waals surface area (Å²) in [6.07, 6.45) is 10.5. The van der Waals surface area contributed by atoms with Crippen LogP contribution in [0.4, 0.5) is 0 Å². The molecule has 3 atom stereocenters. The summed E-state index contributed by atoms with van der Waals surface area (Å²) >= 11 is 0. The van der Waals surface area contributed by atoms with E-state index in [1.165, 1.54) is 5.56 Å². The summed E-state index contributed by atoms with van der Waals surface area (Å²) in [4.78, 5) is 14.7. The molecule has 116 valence electrons. The normalized spacial score (nSPS) is 27.9. The van der Waals surface area contributed by atoms with Crippen molar-refractivity contribution in [2.75, 3.05) is 13.1 Å². The van der Waals surface area contributed by atoms with Gasteiger partial charge in [0, 0.05) is 38.4 Å². The van der Waals surface area contributed by atoms with Gasteiger partial charge in [-0.25, -0.2) is 4.68 Å². The van der Waals surface area contributed by atoms with E-state index in [-0.39, 0.29) is 12.0 Å². The maximum Gasteiger partial charge on any atom is 0.226 e. The molecule has 3 heterocycles. The highest BCUT2D eigenvalue weighted by Crippen LogP contribution is 2.48. The number of amides is 1. The molecule has 1 aliphatic carbocycles. The van der Waals surface area contributed by atoms with Crippen LogP contribution >= 0.6 is 0 Å². The topological polar surface area (TPSA) is 68.8 Å². The van der Waals surface area contributed by atoms with E-state index < -0.39 is 0 Å². The van der Waals surface area contributed by atoms with Crippen LogP contribution in [0.3, 0.4) is 0 Å². The molecule has 1 aliphatic heterocycles. The summed E-state index contributed by atoms with van der Waals surface area (Å²) in [5, 5.41) is 12.1. The van der Waals surface area contributed by atoms with Gasteiger partial charge in [0.15, 0.2) is 0 Å². The number of aromatic nitrogens is 5. The Morgan fingerprint density at radius 1 is 1.41 bits per heavy atom. The summed E-state index contributed by atoms with van der Waals surface area (Å²) in [6.45, 7) is 1.61. The number of hydrogen-bond donors (Lipinski definition) is 0. The predicted octanol–water partition coefficient (Wildman–Crippen LogP) is 0.979. The molecule has 2 aliphatic rings. The summed E-state index contributed by atoms with van der Waals surface area (Å²) in [7, 11) is 1.91. The minimum absolute atomic E-state index is 0.138. The molecular weight excluding hydrogens is 280 g/mol. The molecule has 2 aromatic heterocycles. The minimum Gasteiger partial charge on any atom is -0.340 e. The molecule has 1 saturated carbocycles. The first-order valence-corrected chi connectivity index (χ1v) is 7.85. The number of aryl methyl sites for hydroxylation is 1. The SMILES string of the molecule is Cn1cc([C@@H]2C[C@H]2C(=O)N2CCCC(n3ccnn3)C2)cn1. The van der Waals surface area contributed by atoms with Gasteiger partial charge in [-0.2, -0.15) is 5.10 Å². The number of piperidine rings is 1. The molecule has 2 aromatic rings. The van der Waals surface area contributed by atoms with Crippen LogP contribution in [-0.4, -0.2) is 48.7 Å². The van der Waals surface area contributed by atoms with Gasteiger partial charge < -0.3 is 4.90 Å². The largest absolute Gasteiger partial charge is 0.340 e. The lowest BCUT2D eigenvalue weighted by Crippen LogP contribution is -2.41. The van der Waals surface area contributed by atoms with Gasteiger partial charge in [0.05, 0.1) is 18.4 Å². The van der Waals surface area contributed by atoms with E-state index in [9.17, 15) is 4.79 Å². The Balaban J connectivity index is 1.41. The van der Waals surface area contributed by atoms with Gasteiger partial charge in [0.1, 0.15) is 0 Å². The van der Waals surface area contributed by atoms with Crippen molar-refractivity contribution in [3.05, 3.63) is 30.4 Å². The van der Waals surface area contributed by atoms with Crippen LogP contribution < -0.4 is 0 Å². The average molecular weight is 300 g/mol. The quantitative estimate of drug-likeness (QED) is 0.847. The first-order valence-electron chi connectivity index (χ1n) is 7.85. The average Bonchev–Trinajstić information content (AvgIpc) is 2.95. The van der Waals surface area contributed by atoms with Crippen LogP contribution in [0.2, 0.25) is 0 Å². The third kappa shape index (κ3) is 2.40. The third-order valence-corrected chi connectivity index (χ3v) is 4.78. The highest BCUT2D eigenvalue weighted by Gasteiger charge is 2.47. The fourth-order valence-electron chi connectivity index (χ4n) is 3.49. The van der Waals surface area contributed by atoms with E-state index in [2.05, 4.69) is 15.4 Å². The molecule has 7 nitrogen and oxygen atoms in total. The number of nitrogens with zero attached hydrogens (tertiary/aromatic N) is 6. The molecular formula is C15H20N6O. The molecule has 2 fully saturated rings. The number of carbonyl (C=O) groups is 1. The molecule has 1 amide bonds. The molecule has 22 heavy (non-hydrogen) atoms. The summed E-state index contributed by atoms with van der Waals surface area (Å²) in [5.41, 5.74) is 1.19. The Bertz CT molecular complexity index is 663. The van der Waals surface area contributed by atoms with Crippen molar-refractivity contribution in [3.63, 3.8) is 0 Å². The zero-order chi connectivity index (χ0) is 15.1. The highest BCUT2D eigenvalue weighted by atomic mass is 16.2. The minimum atomic E-state index is 0.138. The van der Waals surface area contributed by atoms with Crippen LogP contribution in [0.25, 0.3) is 0 Å². The van der Waals surface area contributed by atoms with Gasteiger partial charge in [-0.05, 0) is 30.7 Å². The lowest BCUT2D eigenvalue weighted by Gasteiger charge is -2.32. The lowest BCUT2D eigenvalue weighted by molar-refractivity contribution is -0.134. The van der Waals surface area contributed by atoms with Crippen molar-refractivity contribution in [2.45, 2.75) is 31.2 Å². The van der Waals surface area contributed by atoms with Gasteiger partial charge in [-0.3, -0.25) is 9.48 Å². The Morgan fingerprint density at radius 2 is 2.32 bits per heavy atom. The predicted molar refractivity (Wildman–Crippen MR) is 78.9 cm³/mol. The lowest BCUT2D eigenvalue weighted by atomic mass is 10.0.